The predicted octanol–water partition coefficient (Wildman–Crippen LogP) is 4.56. The average molecular weight is 518 g/mol. The number of nitrogens with zero attached hydrogens (tertiary/aromatic N) is 4. The lowest BCUT2D eigenvalue weighted by atomic mass is 10.1. The highest BCUT2D eigenvalue weighted by Crippen LogP contribution is 2.29. The Morgan fingerprint density at radius 1 is 1.14 bits per heavy atom. The van der Waals surface area contributed by atoms with Gasteiger partial charge in [0.1, 0.15) is 17.3 Å². The van der Waals surface area contributed by atoms with Crippen molar-refractivity contribution in [2.75, 3.05) is 19.6 Å². The van der Waals surface area contributed by atoms with Gasteiger partial charge in [-0.05, 0) is 43.2 Å². The number of para-hydroxylation sites is 1. The standard InChI is InChI=1S/C28H31N5O3S/c1-4-15-30-28(34)23(20-29)18-24-21-33(25-12-8-7-9-13-25)31-27(24)22-11-10-14-26(19-22)37(35,36)32(16-5-2)17-6-3/h4,7-14,18-19,21H,1,5-6,15-17H2,2-3H3,(H,30,34)/b23-18-. The number of aromatic nitrogens is 2. The zero-order valence-corrected chi connectivity index (χ0v) is 21.9. The first kappa shape index (κ1) is 27.6. The van der Waals surface area contributed by atoms with E-state index in [0.29, 0.717) is 42.8 Å². The van der Waals surface area contributed by atoms with Crippen molar-refractivity contribution in [1.82, 2.24) is 19.4 Å². The Labute approximate surface area is 218 Å². The Hall–Kier alpha value is -4.00. The molecule has 0 fully saturated rings. The second-order valence-corrected chi connectivity index (χ2v) is 10.3. The van der Waals surface area contributed by atoms with Crippen LogP contribution in [-0.4, -0.2) is 48.0 Å². The van der Waals surface area contributed by atoms with Gasteiger partial charge in [0.05, 0.1) is 10.6 Å². The lowest BCUT2D eigenvalue weighted by Crippen LogP contribution is -2.32. The van der Waals surface area contributed by atoms with Crippen LogP contribution >= 0.6 is 0 Å². The second kappa shape index (κ2) is 12.8. The number of nitriles is 1. The number of benzene rings is 2. The van der Waals surface area contributed by atoms with E-state index in [4.69, 9.17) is 5.10 Å². The molecule has 1 heterocycles. The third-order valence-electron chi connectivity index (χ3n) is 5.53. The quantitative estimate of drug-likeness (QED) is 0.215. The van der Waals surface area contributed by atoms with Crippen LogP contribution < -0.4 is 5.32 Å². The van der Waals surface area contributed by atoms with Crippen molar-refractivity contribution in [3.8, 4) is 23.0 Å². The van der Waals surface area contributed by atoms with Crippen LogP contribution in [0, 0.1) is 11.3 Å². The summed E-state index contributed by atoms with van der Waals surface area (Å²) in [5.74, 6) is -0.535. The van der Waals surface area contributed by atoms with Crippen LogP contribution in [0.25, 0.3) is 23.0 Å². The van der Waals surface area contributed by atoms with Gasteiger partial charge in [0.15, 0.2) is 0 Å². The fourth-order valence-electron chi connectivity index (χ4n) is 3.80. The van der Waals surface area contributed by atoms with E-state index in [9.17, 15) is 18.5 Å². The topological polar surface area (TPSA) is 108 Å². The van der Waals surface area contributed by atoms with Crippen LogP contribution in [0.15, 0.2) is 83.9 Å². The molecule has 0 unspecified atom stereocenters. The maximum Gasteiger partial charge on any atom is 0.262 e. The van der Waals surface area contributed by atoms with Crippen LogP contribution in [-0.2, 0) is 14.8 Å². The molecule has 8 nitrogen and oxygen atoms in total. The van der Waals surface area contributed by atoms with Crippen molar-refractivity contribution >= 4 is 22.0 Å². The molecule has 3 aromatic rings. The lowest BCUT2D eigenvalue weighted by Gasteiger charge is -2.21. The molecule has 0 radical (unpaired) electrons. The third-order valence-corrected chi connectivity index (χ3v) is 7.42. The van der Waals surface area contributed by atoms with Crippen molar-refractivity contribution in [2.24, 2.45) is 0 Å². The van der Waals surface area contributed by atoms with E-state index in [0.717, 1.165) is 5.69 Å². The molecular formula is C28H31N5O3S. The molecule has 0 spiro atoms. The summed E-state index contributed by atoms with van der Waals surface area (Å²) in [4.78, 5) is 12.7. The van der Waals surface area contributed by atoms with Crippen LogP contribution in [0.1, 0.15) is 32.3 Å². The summed E-state index contributed by atoms with van der Waals surface area (Å²) in [5, 5.41) is 17.0. The van der Waals surface area contributed by atoms with Gasteiger partial charge >= 0.3 is 0 Å². The van der Waals surface area contributed by atoms with Gasteiger partial charge in [0.25, 0.3) is 5.91 Å². The molecule has 37 heavy (non-hydrogen) atoms. The zero-order chi connectivity index (χ0) is 26.8. The zero-order valence-electron chi connectivity index (χ0n) is 21.1. The average Bonchev–Trinajstić information content (AvgIpc) is 3.34. The SMILES string of the molecule is C=CCNC(=O)/C(C#N)=C\c1cn(-c2ccccc2)nc1-c1cccc(S(=O)(=O)N(CCC)CCC)c1. The van der Waals surface area contributed by atoms with Gasteiger partial charge in [-0.3, -0.25) is 4.79 Å². The van der Waals surface area contributed by atoms with Gasteiger partial charge in [0.2, 0.25) is 10.0 Å². The Bertz CT molecular complexity index is 1410. The summed E-state index contributed by atoms with van der Waals surface area (Å²) in [6, 6.07) is 17.9. The fourth-order valence-corrected chi connectivity index (χ4v) is 5.47. The molecule has 0 saturated carbocycles. The maximum absolute atomic E-state index is 13.4. The molecule has 0 aliphatic carbocycles. The van der Waals surface area contributed by atoms with Gasteiger partial charge in [-0.15, -0.1) is 6.58 Å². The van der Waals surface area contributed by atoms with E-state index < -0.39 is 15.9 Å². The van der Waals surface area contributed by atoms with Crippen LogP contribution in [0.3, 0.4) is 0 Å². The molecule has 192 valence electrons. The van der Waals surface area contributed by atoms with Crippen LogP contribution in [0.4, 0.5) is 0 Å². The highest BCUT2D eigenvalue weighted by molar-refractivity contribution is 7.89. The molecule has 2 aromatic carbocycles. The largest absolute Gasteiger partial charge is 0.348 e. The Morgan fingerprint density at radius 3 is 2.46 bits per heavy atom. The first-order valence-electron chi connectivity index (χ1n) is 12.1. The summed E-state index contributed by atoms with van der Waals surface area (Å²) < 4.78 is 29.9. The van der Waals surface area contributed by atoms with Crippen molar-refractivity contribution < 1.29 is 13.2 Å². The minimum absolute atomic E-state index is 0.100. The Kier molecular flexibility index (Phi) is 9.55. The van der Waals surface area contributed by atoms with Crippen molar-refractivity contribution in [2.45, 2.75) is 31.6 Å². The van der Waals surface area contributed by atoms with Gasteiger partial charge in [-0.2, -0.15) is 14.7 Å². The van der Waals surface area contributed by atoms with E-state index in [1.54, 1.807) is 35.1 Å². The molecule has 3 rings (SSSR count). The number of nitrogens with one attached hydrogen (secondary N) is 1. The summed E-state index contributed by atoms with van der Waals surface area (Å²) in [6.45, 7) is 8.55. The summed E-state index contributed by atoms with van der Waals surface area (Å²) >= 11 is 0. The molecule has 9 heteroatoms. The van der Waals surface area contributed by atoms with Gasteiger partial charge in [-0.25, -0.2) is 13.1 Å². The molecule has 0 aliphatic heterocycles. The minimum Gasteiger partial charge on any atom is -0.348 e. The molecule has 0 bridgehead atoms. The van der Waals surface area contributed by atoms with Gasteiger partial charge in [0, 0.05) is 37.0 Å². The molecule has 1 N–H and O–H groups in total. The van der Waals surface area contributed by atoms with E-state index in [1.165, 1.54) is 16.5 Å². The maximum atomic E-state index is 13.4. The monoisotopic (exact) mass is 517 g/mol. The molecular weight excluding hydrogens is 486 g/mol. The number of carbonyl (C=O) groups is 1. The molecule has 1 aromatic heterocycles. The smallest absolute Gasteiger partial charge is 0.262 e. The number of carbonyl (C=O) groups excluding carboxylic acids is 1. The predicted molar refractivity (Wildman–Crippen MR) is 145 cm³/mol. The van der Waals surface area contributed by atoms with Crippen LogP contribution in [0.5, 0.6) is 0 Å². The Balaban J connectivity index is 2.15. The fraction of sp³-hybridized carbons (Fsp3) is 0.250. The normalized spacial score (nSPS) is 11.8. The lowest BCUT2D eigenvalue weighted by molar-refractivity contribution is -0.116. The van der Waals surface area contributed by atoms with Gasteiger partial charge < -0.3 is 5.32 Å². The van der Waals surface area contributed by atoms with Crippen molar-refractivity contribution in [3.63, 3.8) is 0 Å². The van der Waals surface area contributed by atoms with Crippen molar-refractivity contribution in [1.29, 1.82) is 5.26 Å². The number of hydrogen-bond acceptors (Lipinski definition) is 5. The Morgan fingerprint density at radius 2 is 1.84 bits per heavy atom. The summed E-state index contributed by atoms with van der Waals surface area (Å²) in [7, 11) is -3.71. The highest BCUT2D eigenvalue weighted by atomic mass is 32.2. The minimum atomic E-state index is -3.71. The summed E-state index contributed by atoms with van der Waals surface area (Å²) in [5.41, 5.74) is 2.18. The highest BCUT2D eigenvalue weighted by Gasteiger charge is 2.24. The third kappa shape index (κ3) is 6.61. The van der Waals surface area contributed by atoms with Crippen LogP contribution in [0.2, 0.25) is 0 Å². The number of amides is 1. The number of sulfonamides is 1. The first-order chi connectivity index (χ1) is 17.8. The molecule has 0 aliphatic rings. The van der Waals surface area contributed by atoms with E-state index >= 15 is 0 Å². The molecule has 0 atom stereocenters. The van der Waals surface area contributed by atoms with Gasteiger partial charge in [-0.1, -0.05) is 50.3 Å². The van der Waals surface area contributed by atoms with Crippen molar-refractivity contribution in [3.05, 3.63) is 84.6 Å². The molecule has 1 amide bonds. The van der Waals surface area contributed by atoms with E-state index in [-0.39, 0.29) is 17.0 Å². The number of rotatable bonds is 12. The molecule has 0 saturated heterocycles. The van der Waals surface area contributed by atoms with E-state index in [1.807, 2.05) is 50.2 Å². The summed E-state index contributed by atoms with van der Waals surface area (Å²) in [6.07, 6.45) is 6.12. The van der Waals surface area contributed by atoms with E-state index in [2.05, 4.69) is 11.9 Å². The first-order valence-corrected chi connectivity index (χ1v) is 13.6. The second-order valence-electron chi connectivity index (χ2n) is 8.31. The number of hydrogen-bond donors (Lipinski definition) is 1.